The van der Waals surface area contributed by atoms with E-state index in [0.717, 1.165) is 5.56 Å². The van der Waals surface area contributed by atoms with Gasteiger partial charge in [0.1, 0.15) is 18.4 Å². The van der Waals surface area contributed by atoms with Crippen LogP contribution >= 0.6 is 0 Å². The number of carbonyl (C=O) groups excluding carboxylic acids is 2. The first-order valence-electron chi connectivity index (χ1n) is 11.1. The number of imidazole rings is 1. The number of aliphatic carboxylic acids is 1. The van der Waals surface area contributed by atoms with Crippen molar-refractivity contribution in [2.24, 2.45) is 5.16 Å². The number of carboxylic acids is 1. The number of nitrogens with one attached hydrogen (secondary N) is 5. The number of carboxylic acid groups (broad SMARTS) is 1. The first kappa shape index (κ1) is 24.0. The number of benzene rings is 1. The number of oxime groups is 1. The van der Waals surface area contributed by atoms with E-state index in [1.54, 1.807) is 36.7 Å². The van der Waals surface area contributed by atoms with Gasteiger partial charge < -0.3 is 40.9 Å². The predicted octanol–water partition coefficient (Wildman–Crippen LogP) is 0.194. The monoisotopic (exact) mass is 485 g/mol. The van der Waals surface area contributed by atoms with Gasteiger partial charge in [-0.1, -0.05) is 35.5 Å². The maximum Gasteiger partial charge on any atom is 0.408 e. The van der Waals surface area contributed by atoms with Crippen LogP contribution in [0.2, 0.25) is 0 Å². The number of aromatic nitrogens is 2. The van der Waals surface area contributed by atoms with E-state index in [1.165, 1.54) is 0 Å². The molecule has 1 spiro atoms. The fourth-order valence-electron chi connectivity index (χ4n) is 3.90. The quantitative estimate of drug-likeness (QED) is 0.274. The molecule has 13 nitrogen and oxygen atoms in total. The van der Waals surface area contributed by atoms with Gasteiger partial charge in [-0.2, -0.15) is 0 Å². The molecule has 186 valence electrons. The first-order chi connectivity index (χ1) is 16.9. The summed E-state index contributed by atoms with van der Waals surface area (Å²) in [6.07, 6.45) is 3.40. The lowest BCUT2D eigenvalue weighted by atomic mass is 9.94. The Bertz CT molecular complexity index is 1060. The van der Waals surface area contributed by atoms with E-state index in [1.807, 2.05) is 6.07 Å². The van der Waals surface area contributed by atoms with Crippen molar-refractivity contribution in [1.82, 2.24) is 25.9 Å². The minimum atomic E-state index is -1.37. The molecule has 1 aromatic carbocycles. The normalized spacial score (nSPS) is 21.6. The number of alkyl carbamates (subject to hydrolysis) is 1. The average Bonchev–Trinajstić information content (AvgIpc) is 3.61. The van der Waals surface area contributed by atoms with E-state index in [9.17, 15) is 19.5 Å². The summed E-state index contributed by atoms with van der Waals surface area (Å²) in [7, 11) is 0. The summed E-state index contributed by atoms with van der Waals surface area (Å²) >= 11 is 0. The van der Waals surface area contributed by atoms with Gasteiger partial charge in [0.05, 0.1) is 0 Å². The summed E-state index contributed by atoms with van der Waals surface area (Å²) in [6, 6.07) is 7.70. The van der Waals surface area contributed by atoms with Gasteiger partial charge >= 0.3 is 12.1 Å². The zero-order chi connectivity index (χ0) is 24.7. The molecule has 1 aromatic heterocycles. The molecule has 1 fully saturated rings. The molecule has 6 N–H and O–H groups in total. The van der Waals surface area contributed by atoms with Gasteiger partial charge in [0.2, 0.25) is 0 Å². The number of ether oxygens (including phenoxy) is 1. The van der Waals surface area contributed by atoms with Gasteiger partial charge in [-0.05, 0) is 5.56 Å². The van der Waals surface area contributed by atoms with Gasteiger partial charge in [0.25, 0.3) is 5.91 Å². The van der Waals surface area contributed by atoms with E-state index in [0.29, 0.717) is 25.5 Å². The highest BCUT2D eigenvalue weighted by atomic mass is 16.7. The van der Waals surface area contributed by atoms with Crippen molar-refractivity contribution < 1.29 is 29.1 Å². The fourth-order valence-corrected chi connectivity index (χ4v) is 3.90. The summed E-state index contributed by atoms with van der Waals surface area (Å²) in [4.78, 5) is 48.8. The molecule has 4 rings (SSSR count). The van der Waals surface area contributed by atoms with E-state index >= 15 is 0 Å². The van der Waals surface area contributed by atoms with Crippen molar-refractivity contribution in [3.8, 4) is 0 Å². The van der Waals surface area contributed by atoms with Crippen molar-refractivity contribution in [1.29, 1.82) is 0 Å². The number of hydrogen-bond donors (Lipinski definition) is 6. The third-order valence-electron chi connectivity index (χ3n) is 5.72. The summed E-state index contributed by atoms with van der Waals surface area (Å²) in [5.74, 6) is -1.19. The third-order valence-corrected chi connectivity index (χ3v) is 5.72. The van der Waals surface area contributed by atoms with Crippen molar-refractivity contribution >= 4 is 29.6 Å². The largest absolute Gasteiger partial charge is 0.480 e. The third kappa shape index (κ3) is 6.47. The SMILES string of the molecule is O=C(N[C@@H](CNC(=O)C1=NOC2(CNC(CNc3ncc[nH]3)C2)C1)C(=O)O)OCc1ccccc1. The number of H-pyrrole nitrogens is 1. The second-order valence-corrected chi connectivity index (χ2v) is 8.40. The summed E-state index contributed by atoms with van der Waals surface area (Å²) in [5, 5.41) is 24.6. The molecule has 2 unspecified atom stereocenters. The number of nitrogens with zero attached hydrogens (tertiary/aromatic N) is 2. The molecule has 0 bridgehead atoms. The second-order valence-electron chi connectivity index (χ2n) is 8.40. The Morgan fingerprint density at radius 2 is 2.11 bits per heavy atom. The van der Waals surface area contributed by atoms with Crippen LogP contribution in [0.1, 0.15) is 18.4 Å². The van der Waals surface area contributed by atoms with Gasteiger partial charge in [-0.15, -0.1) is 0 Å². The van der Waals surface area contributed by atoms with Crippen LogP contribution in [-0.4, -0.2) is 76.1 Å². The second kappa shape index (κ2) is 10.9. The lowest BCUT2D eigenvalue weighted by Gasteiger charge is -2.19. The van der Waals surface area contributed by atoms with Gasteiger partial charge in [-0.3, -0.25) is 4.79 Å². The van der Waals surface area contributed by atoms with E-state index in [-0.39, 0.29) is 31.3 Å². The zero-order valence-corrected chi connectivity index (χ0v) is 18.8. The molecule has 2 aromatic rings. The van der Waals surface area contributed by atoms with Crippen LogP contribution in [0.3, 0.4) is 0 Å². The maximum absolute atomic E-state index is 12.6. The highest BCUT2D eigenvalue weighted by Gasteiger charge is 2.47. The molecule has 2 aliphatic heterocycles. The first-order valence-corrected chi connectivity index (χ1v) is 11.1. The summed E-state index contributed by atoms with van der Waals surface area (Å²) in [6.45, 7) is 0.791. The van der Waals surface area contributed by atoms with E-state index < -0.39 is 29.6 Å². The minimum absolute atomic E-state index is 0.00629. The topological polar surface area (TPSA) is 179 Å². The zero-order valence-electron chi connectivity index (χ0n) is 18.8. The lowest BCUT2D eigenvalue weighted by molar-refractivity contribution is -0.139. The number of hydrogen-bond acceptors (Lipinski definition) is 9. The van der Waals surface area contributed by atoms with Crippen LogP contribution in [0.5, 0.6) is 0 Å². The maximum atomic E-state index is 12.6. The Morgan fingerprint density at radius 3 is 2.86 bits per heavy atom. The van der Waals surface area contributed by atoms with Crippen LogP contribution in [0, 0.1) is 0 Å². The molecule has 2 aliphatic rings. The van der Waals surface area contributed by atoms with Gasteiger partial charge in [0.15, 0.2) is 11.5 Å². The highest BCUT2D eigenvalue weighted by Crippen LogP contribution is 2.32. The Kier molecular flexibility index (Phi) is 7.45. The molecule has 35 heavy (non-hydrogen) atoms. The van der Waals surface area contributed by atoms with Crippen molar-refractivity contribution in [2.45, 2.75) is 37.1 Å². The van der Waals surface area contributed by atoms with Crippen LogP contribution in [0.15, 0.2) is 47.9 Å². The fraction of sp³-hybridized carbons (Fsp3) is 0.409. The number of aromatic amines is 1. The number of amides is 2. The Morgan fingerprint density at radius 1 is 1.29 bits per heavy atom. The Labute approximate surface area is 200 Å². The standard InChI is InChI=1S/C22H27N7O6/c30-18(25-11-17(19(31)32)28-21(33)34-12-14-4-2-1-3-5-14)16-9-22(35-29-16)8-15(27-13-22)10-26-20-23-6-7-24-20/h1-7,15,17,27H,8-13H2,(H,25,30)(H,28,33)(H,31,32)(H2,23,24,26)/t15?,17-,22?/m0/s1. The summed E-state index contributed by atoms with van der Waals surface area (Å²) in [5.41, 5.74) is 0.298. The van der Waals surface area contributed by atoms with Crippen molar-refractivity contribution in [3.05, 3.63) is 48.3 Å². The van der Waals surface area contributed by atoms with Crippen molar-refractivity contribution in [2.75, 3.05) is 25.0 Å². The molecule has 3 atom stereocenters. The average molecular weight is 486 g/mol. The lowest BCUT2D eigenvalue weighted by Crippen LogP contribution is -2.49. The molecule has 0 saturated carbocycles. The van der Waals surface area contributed by atoms with Crippen LogP contribution in [0.25, 0.3) is 0 Å². The molecule has 0 radical (unpaired) electrons. The number of anilines is 1. The summed E-state index contributed by atoms with van der Waals surface area (Å²) < 4.78 is 5.04. The molecule has 2 amide bonds. The van der Waals surface area contributed by atoms with Crippen LogP contribution < -0.4 is 21.3 Å². The van der Waals surface area contributed by atoms with E-state index in [2.05, 4.69) is 36.4 Å². The Balaban J connectivity index is 1.20. The number of rotatable bonds is 10. The van der Waals surface area contributed by atoms with E-state index in [4.69, 9.17) is 9.57 Å². The van der Waals surface area contributed by atoms with Gasteiger partial charge in [0, 0.05) is 50.9 Å². The molecular formula is C22H27N7O6. The molecule has 1 saturated heterocycles. The number of carbonyl (C=O) groups is 3. The minimum Gasteiger partial charge on any atom is -0.480 e. The van der Waals surface area contributed by atoms with Crippen molar-refractivity contribution in [3.63, 3.8) is 0 Å². The Hall–Kier alpha value is -4.13. The van der Waals surface area contributed by atoms with Gasteiger partial charge in [-0.25, -0.2) is 14.6 Å². The molecule has 3 heterocycles. The predicted molar refractivity (Wildman–Crippen MR) is 124 cm³/mol. The highest BCUT2D eigenvalue weighted by molar-refractivity contribution is 6.39. The molecular weight excluding hydrogens is 458 g/mol. The van der Waals surface area contributed by atoms with Crippen LogP contribution in [0.4, 0.5) is 10.7 Å². The smallest absolute Gasteiger partial charge is 0.408 e. The van der Waals surface area contributed by atoms with Crippen LogP contribution in [-0.2, 0) is 25.8 Å². The molecule has 0 aliphatic carbocycles. The molecule has 13 heteroatoms.